The van der Waals surface area contributed by atoms with Crippen LogP contribution in [-0.4, -0.2) is 28.7 Å². The van der Waals surface area contributed by atoms with Gasteiger partial charge in [-0.15, -0.1) is 0 Å². The molecule has 1 aromatic rings. The van der Waals surface area contributed by atoms with Crippen molar-refractivity contribution in [3.05, 3.63) is 23.3 Å². The molecule has 0 amide bonds. The van der Waals surface area contributed by atoms with Crippen LogP contribution in [0.25, 0.3) is 0 Å². The van der Waals surface area contributed by atoms with Crippen LogP contribution in [0.15, 0.2) is 12.1 Å². The summed E-state index contributed by atoms with van der Waals surface area (Å²) in [5.74, 6) is -0.138. The van der Waals surface area contributed by atoms with Crippen LogP contribution in [0.5, 0.6) is 11.5 Å². The molecule has 0 aliphatic rings. The Labute approximate surface area is 115 Å². The summed E-state index contributed by atoms with van der Waals surface area (Å²) in [5.41, 5.74) is 1.01. The molecule has 0 saturated carbocycles. The lowest BCUT2D eigenvalue weighted by atomic mass is 10.0. The Bertz CT molecular complexity index is 348. The number of aldehydes is 1. The topological polar surface area (TPSA) is 77.8 Å². The van der Waals surface area contributed by atoms with E-state index in [4.69, 9.17) is 5.11 Å². The van der Waals surface area contributed by atoms with Crippen molar-refractivity contribution in [2.45, 2.75) is 46.5 Å². The lowest BCUT2D eigenvalue weighted by Crippen LogP contribution is -1.94. The van der Waals surface area contributed by atoms with Gasteiger partial charge in [0.1, 0.15) is 11.5 Å². The van der Waals surface area contributed by atoms with Gasteiger partial charge in [0.2, 0.25) is 0 Å². The highest BCUT2D eigenvalue weighted by Gasteiger charge is 2.08. The average molecular weight is 270 g/mol. The number of aliphatic hydroxyl groups excluding tert-OH is 1. The molecule has 110 valence electrons. The van der Waals surface area contributed by atoms with Crippen molar-refractivity contribution in [2.75, 3.05) is 7.11 Å². The number of benzene rings is 1. The second-order valence-corrected chi connectivity index (χ2v) is 3.61. The molecule has 0 bridgehead atoms. The maximum atomic E-state index is 10.8. The Morgan fingerprint density at radius 3 is 2.16 bits per heavy atom. The van der Waals surface area contributed by atoms with E-state index in [-0.39, 0.29) is 11.5 Å². The highest BCUT2D eigenvalue weighted by Crippen LogP contribution is 2.26. The molecule has 0 heterocycles. The number of carbonyl (C=O) groups is 1. The number of unbranched alkanes of at least 4 members (excludes halogenated alkanes) is 2. The number of phenolic OH excluding ortho intramolecular Hbond substituents is 2. The van der Waals surface area contributed by atoms with E-state index < -0.39 is 0 Å². The van der Waals surface area contributed by atoms with Crippen molar-refractivity contribution in [1.82, 2.24) is 0 Å². The lowest BCUT2D eigenvalue weighted by molar-refractivity contribution is 0.112. The van der Waals surface area contributed by atoms with Crippen molar-refractivity contribution < 1.29 is 20.1 Å². The molecular formula is C15H26O4. The first-order valence-corrected chi connectivity index (χ1v) is 6.63. The van der Waals surface area contributed by atoms with Crippen molar-refractivity contribution in [3.63, 3.8) is 0 Å². The smallest absolute Gasteiger partial charge is 0.154 e. The zero-order valence-electron chi connectivity index (χ0n) is 12.3. The number of phenols is 2. The van der Waals surface area contributed by atoms with Crippen molar-refractivity contribution >= 4 is 6.29 Å². The van der Waals surface area contributed by atoms with E-state index in [1.807, 2.05) is 13.8 Å². The summed E-state index contributed by atoms with van der Waals surface area (Å²) in [6, 6.07) is 2.73. The molecule has 0 atom stereocenters. The highest BCUT2D eigenvalue weighted by molar-refractivity contribution is 5.82. The molecule has 1 rings (SSSR count). The van der Waals surface area contributed by atoms with Gasteiger partial charge in [0.15, 0.2) is 6.29 Å². The highest BCUT2D eigenvalue weighted by atomic mass is 16.3. The molecule has 3 N–H and O–H groups in total. The third-order valence-corrected chi connectivity index (χ3v) is 2.40. The summed E-state index contributed by atoms with van der Waals surface area (Å²) < 4.78 is 0. The molecule has 1 aromatic carbocycles. The van der Waals surface area contributed by atoms with Gasteiger partial charge in [-0.3, -0.25) is 4.79 Å². The van der Waals surface area contributed by atoms with Crippen LogP contribution in [0.4, 0.5) is 0 Å². The predicted molar refractivity (Wildman–Crippen MR) is 77.9 cm³/mol. The van der Waals surface area contributed by atoms with E-state index >= 15 is 0 Å². The zero-order chi connectivity index (χ0) is 15.3. The van der Waals surface area contributed by atoms with Crippen LogP contribution < -0.4 is 0 Å². The number of hydrogen-bond donors (Lipinski definition) is 3. The van der Waals surface area contributed by atoms with E-state index in [2.05, 4.69) is 6.92 Å². The molecule has 0 spiro atoms. The van der Waals surface area contributed by atoms with Gasteiger partial charge in [0.05, 0.1) is 5.56 Å². The van der Waals surface area contributed by atoms with E-state index in [0.717, 1.165) is 31.9 Å². The van der Waals surface area contributed by atoms with Crippen LogP contribution in [0.2, 0.25) is 0 Å². The largest absolute Gasteiger partial charge is 0.508 e. The molecule has 0 fully saturated rings. The molecule has 0 aromatic heterocycles. The minimum absolute atomic E-state index is 0.00426. The summed E-state index contributed by atoms with van der Waals surface area (Å²) >= 11 is 0. The van der Waals surface area contributed by atoms with Gasteiger partial charge in [-0.05, 0) is 24.5 Å². The average Bonchev–Trinajstić information content (AvgIpc) is 2.43. The monoisotopic (exact) mass is 270 g/mol. The van der Waals surface area contributed by atoms with E-state index in [9.17, 15) is 15.0 Å². The first-order valence-electron chi connectivity index (χ1n) is 6.63. The maximum absolute atomic E-state index is 10.8. The van der Waals surface area contributed by atoms with Crippen LogP contribution in [-0.2, 0) is 6.42 Å². The van der Waals surface area contributed by atoms with Crippen molar-refractivity contribution in [1.29, 1.82) is 0 Å². The lowest BCUT2D eigenvalue weighted by Gasteiger charge is -2.07. The Hall–Kier alpha value is -1.55. The van der Waals surface area contributed by atoms with Gasteiger partial charge in [-0.2, -0.15) is 0 Å². The Morgan fingerprint density at radius 1 is 1.11 bits per heavy atom. The number of hydrogen-bond acceptors (Lipinski definition) is 4. The molecule has 0 aliphatic heterocycles. The van der Waals surface area contributed by atoms with E-state index in [1.54, 1.807) is 6.07 Å². The molecule has 4 nitrogen and oxygen atoms in total. The second-order valence-electron chi connectivity index (χ2n) is 3.61. The van der Waals surface area contributed by atoms with Crippen molar-refractivity contribution in [2.24, 2.45) is 0 Å². The van der Waals surface area contributed by atoms with Gasteiger partial charge in [0.25, 0.3) is 0 Å². The van der Waals surface area contributed by atoms with Crippen LogP contribution in [0, 0.1) is 0 Å². The Morgan fingerprint density at radius 2 is 1.68 bits per heavy atom. The Kier molecular flexibility index (Phi) is 13.4. The van der Waals surface area contributed by atoms with Gasteiger partial charge >= 0.3 is 0 Å². The minimum atomic E-state index is -0.142. The van der Waals surface area contributed by atoms with Gasteiger partial charge in [0, 0.05) is 13.2 Å². The standard InChI is InChI=1S/C12H16O3.C2H6.CH4O/c1-2-3-4-5-9-6-10(14)7-12(15)11(9)8-13;2*1-2/h6-8,14-15H,2-5H2,1H3;1-2H3;2H,1H3. The predicted octanol–water partition coefficient (Wildman–Crippen LogP) is 3.28. The molecule has 19 heavy (non-hydrogen) atoms. The Balaban J connectivity index is 0. The van der Waals surface area contributed by atoms with E-state index in [1.165, 1.54) is 6.07 Å². The number of aliphatic hydroxyl groups is 1. The first kappa shape index (κ1) is 19.8. The van der Waals surface area contributed by atoms with Gasteiger partial charge < -0.3 is 15.3 Å². The molecule has 0 aliphatic carbocycles. The van der Waals surface area contributed by atoms with Gasteiger partial charge in [-0.1, -0.05) is 33.6 Å². The number of rotatable bonds is 5. The fourth-order valence-corrected chi connectivity index (χ4v) is 1.59. The summed E-state index contributed by atoms with van der Waals surface area (Å²) in [6.45, 7) is 6.10. The molecule has 0 saturated heterocycles. The number of aromatic hydroxyl groups is 2. The fraction of sp³-hybridized carbons (Fsp3) is 0.533. The number of carbonyl (C=O) groups excluding carboxylic acids is 1. The normalized spacial score (nSPS) is 8.68. The molecular weight excluding hydrogens is 244 g/mol. The zero-order valence-corrected chi connectivity index (χ0v) is 12.3. The summed E-state index contributed by atoms with van der Waals surface area (Å²) in [6.07, 6.45) is 4.48. The molecule has 0 unspecified atom stereocenters. The summed E-state index contributed by atoms with van der Waals surface area (Å²) in [4.78, 5) is 10.8. The van der Waals surface area contributed by atoms with Crippen molar-refractivity contribution in [3.8, 4) is 11.5 Å². The van der Waals surface area contributed by atoms with E-state index in [0.29, 0.717) is 18.3 Å². The molecule has 0 radical (unpaired) electrons. The second kappa shape index (κ2) is 12.9. The van der Waals surface area contributed by atoms with Crippen LogP contribution in [0.1, 0.15) is 56.0 Å². The van der Waals surface area contributed by atoms with Gasteiger partial charge in [-0.25, -0.2) is 0 Å². The SMILES string of the molecule is CC.CCCCCc1cc(O)cc(O)c1C=O.CO. The fourth-order valence-electron chi connectivity index (χ4n) is 1.59. The maximum Gasteiger partial charge on any atom is 0.154 e. The third kappa shape index (κ3) is 7.47. The third-order valence-electron chi connectivity index (χ3n) is 2.40. The minimum Gasteiger partial charge on any atom is -0.508 e. The quantitative estimate of drug-likeness (QED) is 0.567. The summed E-state index contributed by atoms with van der Waals surface area (Å²) in [5, 5.41) is 25.7. The van der Waals surface area contributed by atoms with Crippen LogP contribution >= 0.6 is 0 Å². The summed E-state index contributed by atoms with van der Waals surface area (Å²) in [7, 11) is 1.00. The first-order chi connectivity index (χ1) is 9.19. The molecule has 4 heteroatoms. The number of aryl methyl sites for hydroxylation is 1. The van der Waals surface area contributed by atoms with Crippen LogP contribution in [0.3, 0.4) is 0 Å².